The summed E-state index contributed by atoms with van der Waals surface area (Å²) in [7, 11) is 2.11. The van der Waals surface area contributed by atoms with E-state index in [0.717, 1.165) is 50.6 Å². The first kappa shape index (κ1) is 21.0. The average Bonchev–Trinajstić information content (AvgIpc) is 2.92. The van der Waals surface area contributed by atoms with Gasteiger partial charge in [-0.1, -0.05) is 65.7 Å². The van der Waals surface area contributed by atoms with Crippen LogP contribution in [0.2, 0.25) is 10.0 Å². The van der Waals surface area contributed by atoms with Crippen LogP contribution in [-0.4, -0.2) is 25.8 Å². The summed E-state index contributed by atoms with van der Waals surface area (Å²) in [5.74, 6) is 0.854. The fraction of sp³-hybridized carbons (Fsp3) is 0.160. The predicted molar refractivity (Wildman–Crippen MR) is 133 cm³/mol. The summed E-state index contributed by atoms with van der Waals surface area (Å²) >= 11 is 14.3. The fourth-order valence-corrected chi connectivity index (χ4v) is 4.84. The van der Waals surface area contributed by atoms with Gasteiger partial charge in [0.1, 0.15) is 0 Å². The van der Waals surface area contributed by atoms with Crippen LogP contribution in [0.4, 0.5) is 5.69 Å². The second-order valence-electron chi connectivity index (χ2n) is 7.11. The highest BCUT2D eigenvalue weighted by Gasteiger charge is 2.14. The molecule has 0 aromatic heterocycles. The Labute approximate surface area is 192 Å². The Bertz CT molecular complexity index is 1090. The fourth-order valence-electron chi connectivity index (χ4n) is 3.40. The maximum absolute atomic E-state index is 6.58. The van der Waals surface area contributed by atoms with E-state index in [1.54, 1.807) is 11.8 Å². The average molecular weight is 453 g/mol. The van der Waals surface area contributed by atoms with Gasteiger partial charge in [-0.05, 0) is 42.0 Å². The number of allylic oxidation sites excluding steroid dienone is 1. The maximum Gasteiger partial charge on any atom is 0.0668 e. The Morgan fingerprint density at radius 1 is 0.967 bits per heavy atom. The van der Waals surface area contributed by atoms with Crippen LogP contribution in [0, 0.1) is 0 Å². The molecular weight excluding hydrogens is 431 g/mol. The van der Waals surface area contributed by atoms with Gasteiger partial charge in [0.25, 0.3) is 0 Å². The van der Waals surface area contributed by atoms with Gasteiger partial charge >= 0.3 is 0 Å². The largest absolute Gasteiger partial charge is 0.372 e. The van der Waals surface area contributed by atoms with Crippen molar-refractivity contribution in [2.75, 3.05) is 25.0 Å². The van der Waals surface area contributed by atoms with Gasteiger partial charge in [-0.3, -0.25) is 4.99 Å². The number of hydrogen-bond donors (Lipinski definition) is 0. The first-order chi connectivity index (χ1) is 14.6. The van der Waals surface area contributed by atoms with E-state index >= 15 is 0 Å². The van der Waals surface area contributed by atoms with Crippen LogP contribution in [0.5, 0.6) is 0 Å². The Kier molecular flexibility index (Phi) is 6.83. The van der Waals surface area contributed by atoms with E-state index in [4.69, 9.17) is 28.2 Å². The highest BCUT2D eigenvalue weighted by atomic mass is 35.5. The van der Waals surface area contributed by atoms with E-state index in [2.05, 4.69) is 66.6 Å². The lowest BCUT2D eigenvalue weighted by Gasteiger charge is -2.18. The molecule has 0 saturated heterocycles. The minimum atomic E-state index is 0.743. The molecule has 1 aliphatic rings. The molecule has 2 nitrogen and oxygen atoms in total. The van der Waals surface area contributed by atoms with Crippen molar-refractivity contribution in [1.29, 1.82) is 0 Å². The summed E-state index contributed by atoms with van der Waals surface area (Å²) in [4.78, 5) is 8.22. The zero-order valence-corrected chi connectivity index (χ0v) is 19.0. The van der Waals surface area contributed by atoms with Gasteiger partial charge in [-0.2, -0.15) is 0 Å². The number of likely N-dealkylation sites (N-methyl/N-ethyl adjacent to an activating group) is 1. The van der Waals surface area contributed by atoms with E-state index in [1.165, 1.54) is 11.3 Å². The molecule has 1 aliphatic heterocycles. The Morgan fingerprint density at radius 2 is 1.77 bits per heavy atom. The van der Waals surface area contributed by atoms with Crippen molar-refractivity contribution in [2.45, 2.75) is 10.6 Å². The van der Waals surface area contributed by atoms with Gasteiger partial charge in [0.05, 0.1) is 12.3 Å². The standard InChI is InChI=1S/C25H22Cl2N2S/c1-29-16-15-28-23(21-5-2-3-7-24(21)29)14-13-20-22(27)6-4-8-25(20)30-17-18-9-11-19(26)12-10-18/h2-14H,15-17H2,1H3. The molecule has 1 heterocycles. The number of benzodiazepines with no additional fused rings is 1. The van der Waals surface area contributed by atoms with Crippen LogP contribution in [0.1, 0.15) is 16.7 Å². The molecule has 5 heteroatoms. The Hall–Kier alpha value is -2.20. The second kappa shape index (κ2) is 9.74. The van der Waals surface area contributed by atoms with Crippen molar-refractivity contribution in [3.63, 3.8) is 0 Å². The van der Waals surface area contributed by atoms with Crippen LogP contribution in [0.3, 0.4) is 0 Å². The van der Waals surface area contributed by atoms with Gasteiger partial charge in [-0.25, -0.2) is 0 Å². The molecule has 0 unspecified atom stereocenters. The summed E-state index contributed by atoms with van der Waals surface area (Å²) in [6, 6.07) is 22.4. The van der Waals surface area contributed by atoms with E-state index in [-0.39, 0.29) is 0 Å². The molecule has 3 aromatic carbocycles. The molecule has 0 spiro atoms. The minimum Gasteiger partial charge on any atom is -0.372 e. The zero-order chi connectivity index (χ0) is 20.9. The molecule has 0 aliphatic carbocycles. The Balaban J connectivity index is 1.60. The number of halogens is 2. The van der Waals surface area contributed by atoms with Crippen LogP contribution in [0.15, 0.2) is 82.7 Å². The zero-order valence-electron chi connectivity index (χ0n) is 16.7. The van der Waals surface area contributed by atoms with Gasteiger partial charge in [0.2, 0.25) is 0 Å². The molecule has 0 saturated carbocycles. The molecule has 0 fully saturated rings. The number of nitrogens with zero attached hydrogens (tertiary/aromatic N) is 2. The summed E-state index contributed by atoms with van der Waals surface area (Å²) in [6.45, 7) is 1.67. The summed E-state index contributed by atoms with van der Waals surface area (Å²) in [5, 5.41) is 1.50. The molecule has 0 amide bonds. The van der Waals surface area contributed by atoms with Crippen LogP contribution in [-0.2, 0) is 5.75 Å². The summed E-state index contributed by atoms with van der Waals surface area (Å²) in [6.07, 6.45) is 4.18. The number of thioether (sulfide) groups is 1. The second-order valence-corrected chi connectivity index (χ2v) is 8.97. The van der Waals surface area contributed by atoms with Crippen LogP contribution in [0.25, 0.3) is 6.08 Å². The lowest BCUT2D eigenvalue weighted by molar-refractivity contribution is 0.897. The SMILES string of the molecule is CN1CCN=C(C=Cc2c(Cl)cccc2SCc2ccc(Cl)cc2)c2ccccc21. The third kappa shape index (κ3) is 4.92. The van der Waals surface area contributed by atoms with E-state index in [9.17, 15) is 0 Å². The van der Waals surface area contributed by atoms with Gasteiger partial charge in [-0.15, -0.1) is 11.8 Å². The number of hydrogen-bond acceptors (Lipinski definition) is 3. The molecule has 3 aromatic rings. The van der Waals surface area contributed by atoms with Crippen molar-refractivity contribution in [3.05, 3.63) is 99.5 Å². The lowest BCUT2D eigenvalue weighted by Crippen LogP contribution is -2.20. The van der Waals surface area contributed by atoms with Gasteiger partial charge in [0.15, 0.2) is 0 Å². The Morgan fingerprint density at radius 3 is 2.60 bits per heavy atom. The third-order valence-electron chi connectivity index (χ3n) is 5.04. The highest BCUT2D eigenvalue weighted by Crippen LogP contribution is 2.32. The molecule has 30 heavy (non-hydrogen) atoms. The molecule has 0 atom stereocenters. The van der Waals surface area contributed by atoms with Crippen molar-refractivity contribution < 1.29 is 0 Å². The molecule has 0 radical (unpaired) electrons. The number of aliphatic imine (C=N–C) groups is 1. The van der Waals surface area contributed by atoms with E-state index < -0.39 is 0 Å². The highest BCUT2D eigenvalue weighted by molar-refractivity contribution is 7.98. The molecular formula is C25H22Cl2N2S. The predicted octanol–water partition coefficient (Wildman–Crippen LogP) is 7.24. The summed E-state index contributed by atoms with van der Waals surface area (Å²) < 4.78 is 0. The number of rotatable bonds is 5. The lowest BCUT2D eigenvalue weighted by atomic mass is 10.1. The number of fused-ring (bicyclic) bond motifs is 1. The van der Waals surface area contributed by atoms with Crippen LogP contribution >= 0.6 is 35.0 Å². The number of anilines is 1. The first-order valence-electron chi connectivity index (χ1n) is 9.80. The van der Waals surface area contributed by atoms with Crippen molar-refractivity contribution in [3.8, 4) is 0 Å². The maximum atomic E-state index is 6.58. The minimum absolute atomic E-state index is 0.743. The molecule has 0 N–H and O–H groups in total. The number of para-hydroxylation sites is 1. The molecule has 152 valence electrons. The molecule has 0 bridgehead atoms. The normalized spacial score (nSPS) is 13.8. The molecule has 4 rings (SSSR count). The van der Waals surface area contributed by atoms with Gasteiger partial charge < -0.3 is 4.90 Å². The third-order valence-corrected chi connectivity index (χ3v) is 6.76. The first-order valence-corrected chi connectivity index (χ1v) is 11.5. The van der Waals surface area contributed by atoms with Crippen molar-refractivity contribution in [2.24, 2.45) is 4.99 Å². The number of benzene rings is 3. The topological polar surface area (TPSA) is 15.6 Å². The van der Waals surface area contributed by atoms with Gasteiger partial charge in [0, 0.05) is 51.1 Å². The van der Waals surface area contributed by atoms with E-state index in [0.29, 0.717) is 0 Å². The monoisotopic (exact) mass is 452 g/mol. The van der Waals surface area contributed by atoms with Crippen molar-refractivity contribution >= 4 is 52.4 Å². The van der Waals surface area contributed by atoms with Crippen LogP contribution < -0.4 is 4.90 Å². The van der Waals surface area contributed by atoms with E-state index in [1.807, 2.05) is 24.3 Å². The summed E-state index contributed by atoms with van der Waals surface area (Å²) in [5.41, 5.74) is 5.59. The van der Waals surface area contributed by atoms with Crippen molar-refractivity contribution in [1.82, 2.24) is 0 Å². The smallest absolute Gasteiger partial charge is 0.0668 e. The quantitative estimate of drug-likeness (QED) is 0.379.